The minimum atomic E-state index is -0.473. The Labute approximate surface area is 109 Å². The lowest BCUT2D eigenvalue weighted by atomic mass is 10.1. The molecule has 1 aliphatic rings. The molecule has 0 aliphatic carbocycles. The first kappa shape index (κ1) is 12.6. The van der Waals surface area contributed by atoms with E-state index in [4.69, 9.17) is 11.6 Å². The highest BCUT2D eigenvalue weighted by Gasteiger charge is 2.27. The molecule has 1 fully saturated rings. The van der Waals surface area contributed by atoms with Gasteiger partial charge in [0.1, 0.15) is 13.1 Å². The molecule has 1 aliphatic heterocycles. The van der Waals surface area contributed by atoms with Crippen molar-refractivity contribution < 1.29 is 14.4 Å². The molecule has 0 saturated carbocycles. The molecule has 0 radical (unpaired) electrons. The van der Waals surface area contributed by atoms with Crippen molar-refractivity contribution in [1.29, 1.82) is 0 Å². The van der Waals surface area contributed by atoms with Crippen LogP contribution in [0.4, 0.5) is 0 Å². The van der Waals surface area contributed by atoms with Gasteiger partial charge in [0.2, 0.25) is 11.8 Å². The number of hydrogen-bond donors (Lipinski definition) is 1. The standard InChI is InChI=1S/C12H11ClN2O3/c1-7-8(3-2-4-9(7)13)12(18)15-5-10(16)14-11(17)6-15/h2-4H,5-6H2,1H3,(H,14,16,17). The lowest BCUT2D eigenvalue weighted by Gasteiger charge is -2.26. The summed E-state index contributed by atoms with van der Waals surface area (Å²) in [7, 11) is 0. The number of rotatable bonds is 1. The molecule has 2 rings (SSSR count). The number of piperazine rings is 1. The largest absolute Gasteiger partial charge is 0.320 e. The summed E-state index contributed by atoms with van der Waals surface area (Å²) >= 11 is 5.94. The van der Waals surface area contributed by atoms with Crippen molar-refractivity contribution in [2.24, 2.45) is 0 Å². The van der Waals surface area contributed by atoms with Crippen LogP contribution in [-0.2, 0) is 9.59 Å². The minimum Gasteiger partial charge on any atom is -0.320 e. The molecule has 18 heavy (non-hydrogen) atoms. The number of carbonyl (C=O) groups is 3. The normalized spacial score (nSPS) is 15.6. The minimum absolute atomic E-state index is 0.115. The number of nitrogens with one attached hydrogen (secondary N) is 1. The van der Waals surface area contributed by atoms with Crippen molar-refractivity contribution in [3.05, 3.63) is 34.3 Å². The topological polar surface area (TPSA) is 66.5 Å². The first-order valence-electron chi connectivity index (χ1n) is 5.36. The summed E-state index contributed by atoms with van der Waals surface area (Å²) in [5.41, 5.74) is 1.05. The Bertz CT molecular complexity index is 526. The number of hydrogen-bond acceptors (Lipinski definition) is 3. The number of carbonyl (C=O) groups excluding carboxylic acids is 3. The molecule has 0 aromatic heterocycles. The molecule has 1 N–H and O–H groups in total. The van der Waals surface area contributed by atoms with Crippen LogP contribution >= 0.6 is 11.6 Å². The lowest BCUT2D eigenvalue weighted by Crippen LogP contribution is -2.53. The molecule has 0 atom stereocenters. The smallest absolute Gasteiger partial charge is 0.255 e. The summed E-state index contributed by atoms with van der Waals surface area (Å²) < 4.78 is 0. The third-order valence-electron chi connectivity index (χ3n) is 2.73. The Kier molecular flexibility index (Phi) is 3.34. The van der Waals surface area contributed by atoms with Crippen LogP contribution in [0.15, 0.2) is 18.2 Å². The van der Waals surface area contributed by atoms with Gasteiger partial charge in [-0.25, -0.2) is 0 Å². The highest BCUT2D eigenvalue weighted by Crippen LogP contribution is 2.20. The summed E-state index contributed by atoms with van der Waals surface area (Å²) in [5, 5.41) is 2.62. The number of amides is 3. The van der Waals surface area contributed by atoms with E-state index in [-0.39, 0.29) is 19.0 Å². The molecular weight excluding hydrogens is 256 g/mol. The van der Waals surface area contributed by atoms with Gasteiger partial charge in [-0.2, -0.15) is 0 Å². The van der Waals surface area contributed by atoms with Crippen LogP contribution in [0, 0.1) is 6.92 Å². The number of benzene rings is 1. The highest BCUT2D eigenvalue weighted by molar-refractivity contribution is 6.31. The summed E-state index contributed by atoms with van der Waals surface area (Å²) in [6.45, 7) is 1.49. The Morgan fingerprint density at radius 1 is 1.28 bits per heavy atom. The molecule has 0 bridgehead atoms. The van der Waals surface area contributed by atoms with Gasteiger partial charge in [0.15, 0.2) is 0 Å². The predicted octanol–water partition coefficient (Wildman–Crippen LogP) is 0.747. The highest BCUT2D eigenvalue weighted by atomic mass is 35.5. The van der Waals surface area contributed by atoms with E-state index in [0.717, 1.165) is 0 Å². The maximum Gasteiger partial charge on any atom is 0.255 e. The van der Waals surface area contributed by atoms with Crippen LogP contribution in [0.5, 0.6) is 0 Å². The van der Waals surface area contributed by atoms with E-state index >= 15 is 0 Å². The molecule has 1 aromatic carbocycles. The summed E-state index contributed by atoms with van der Waals surface area (Å²) in [5.74, 6) is -1.31. The first-order valence-corrected chi connectivity index (χ1v) is 5.74. The zero-order valence-corrected chi connectivity index (χ0v) is 10.5. The van der Waals surface area contributed by atoms with Crippen LogP contribution in [0.2, 0.25) is 5.02 Å². The molecule has 1 heterocycles. The lowest BCUT2D eigenvalue weighted by molar-refractivity contribution is -0.135. The van der Waals surface area contributed by atoms with Crippen molar-refractivity contribution in [1.82, 2.24) is 10.2 Å². The van der Waals surface area contributed by atoms with Crippen LogP contribution in [0.3, 0.4) is 0 Å². The quantitative estimate of drug-likeness (QED) is 0.763. The van der Waals surface area contributed by atoms with E-state index in [1.54, 1.807) is 25.1 Å². The second kappa shape index (κ2) is 4.78. The van der Waals surface area contributed by atoms with E-state index in [0.29, 0.717) is 16.1 Å². The number of imide groups is 1. The fourth-order valence-corrected chi connectivity index (χ4v) is 1.96. The summed E-state index contributed by atoms with van der Waals surface area (Å²) in [4.78, 5) is 35.8. The summed E-state index contributed by atoms with van der Waals surface area (Å²) in [6.07, 6.45) is 0. The van der Waals surface area contributed by atoms with Gasteiger partial charge in [-0.15, -0.1) is 0 Å². The van der Waals surface area contributed by atoms with Crippen molar-refractivity contribution in [2.45, 2.75) is 6.92 Å². The van der Waals surface area contributed by atoms with E-state index < -0.39 is 11.8 Å². The van der Waals surface area contributed by atoms with E-state index in [1.807, 2.05) is 0 Å². The van der Waals surface area contributed by atoms with Gasteiger partial charge in [0.05, 0.1) is 0 Å². The van der Waals surface area contributed by atoms with Crippen LogP contribution < -0.4 is 5.32 Å². The van der Waals surface area contributed by atoms with Crippen LogP contribution in [-0.4, -0.2) is 35.7 Å². The summed E-state index contributed by atoms with van der Waals surface area (Å²) in [6, 6.07) is 4.97. The fourth-order valence-electron chi connectivity index (χ4n) is 1.79. The molecule has 94 valence electrons. The van der Waals surface area contributed by atoms with Gasteiger partial charge in [0, 0.05) is 10.6 Å². The molecule has 5 nitrogen and oxygen atoms in total. The van der Waals surface area contributed by atoms with E-state index in [2.05, 4.69) is 5.32 Å². The Morgan fingerprint density at radius 3 is 2.50 bits per heavy atom. The van der Waals surface area contributed by atoms with Crippen molar-refractivity contribution in [2.75, 3.05) is 13.1 Å². The molecule has 6 heteroatoms. The molecule has 1 aromatic rings. The Morgan fingerprint density at radius 2 is 1.89 bits per heavy atom. The third-order valence-corrected chi connectivity index (χ3v) is 3.14. The van der Waals surface area contributed by atoms with Gasteiger partial charge in [-0.05, 0) is 24.6 Å². The molecule has 0 spiro atoms. The maximum atomic E-state index is 12.2. The average molecular weight is 267 g/mol. The van der Waals surface area contributed by atoms with Gasteiger partial charge in [0.25, 0.3) is 5.91 Å². The predicted molar refractivity (Wildman–Crippen MR) is 65.2 cm³/mol. The zero-order valence-electron chi connectivity index (χ0n) is 9.70. The van der Waals surface area contributed by atoms with Crippen LogP contribution in [0.1, 0.15) is 15.9 Å². The Hall–Kier alpha value is -1.88. The van der Waals surface area contributed by atoms with Gasteiger partial charge in [-0.3, -0.25) is 19.7 Å². The SMILES string of the molecule is Cc1c(Cl)cccc1C(=O)N1CC(=O)NC(=O)C1. The second-order valence-electron chi connectivity index (χ2n) is 4.04. The van der Waals surface area contributed by atoms with Crippen molar-refractivity contribution >= 4 is 29.3 Å². The number of halogens is 1. The van der Waals surface area contributed by atoms with Gasteiger partial charge in [-0.1, -0.05) is 17.7 Å². The zero-order chi connectivity index (χ0) is 13.3. The first-order chi connectivity index (χ1) is 8.49. The van der Waals surface area contributed by atoms with Crippen molar-refractivity contribution in [3.63, 3.8) is 0 Å². The second-order valence-corrected chi connectivity index (χ2v) is 4.45. The van der Waals surface area contributed by atoms with Crippen LogP contribution in [0.25, 0.3) is 0 Å². The maximum absolute atomic E-state index is 12.2. The molecule has 1 saturated heterocycles. The molecule has 0 unspecified atom stereocenters. The number of nitrogens with zero attached hydrogens (tertiary/aromatic N) is 1. The Balaban J connectivity index is 2.28. The fraction of sp³-hybridized carbons (Fsp3) is 0.250. The van der Waals surface area contributed by atoms with Gasteiger partial charge >= 0.3 is 0 Å². The van der Waals surface area contributed by atoms with Crippen molar-refractivity contribution in [3.8, 4) is 0 Å². The third kappa shape index (κ3) is 2.36. The van der Waals surface area contributed by atoms with Gasteiger partial charge < -0.3 is 4.90 Å². The molecular formula is C12H11ClN2O3. The monoisotopic (exact) mass is 266 g/mol. The molecule has 3 amide bonds. The van der Waals surface area contributed by atoms with E-state index in [1.165, 1.54) is 4.90 Å². The van der Waals surface area contributed by atoms with E-state index in [9.17, 15) is 14.4 Å². The average Bonchev–Trinajstić information content (AvgIpc) is 2.30.